The summed E-state index contributed by atoms with van der Waals surface area (Å²) in [6.45, 7) is 0.852. The Hall–Kier alpha value is -0.970. The zero-order chi connectivity index (χ0) is 13.1. The number of carbonyl (C=O) groups excluding carboxylic acids is 1. The molecule has 98 valence electrons. The number of carbonyl (C=O) groups is 1. The van der Waals surface area contributed by atoms with E-state index < -0.39 is 6.17 Å². The molecule has 0 radical (unpaired) electrons. The van der Waals surface area contributed by atoms with E-state index in [0.717, 1.165) is 4.47 Å². The zero-order valence-electron chi connectivity index (χ0n) is 9.83. The number of nitrogens with zero attached hydrogens (tertiary/aromatic N) is 1. The van der Waals surface area contributed by atoms with Gasteiger partial charge in [-0.3, -0.25) is 4.79 Å². The summed E-state index contributed by atoms with van der Waals surface area (Å²) in [7, 11) is 0. The lowest BCUT2D eigenvalue weighted by Crippen LogP contribution is -2.39. The predicted molar refractivity (Wildman–Crippen MR) is 68.5 cm³/mol. The molecule has 1 aromatic carbocycles. The summed E-state index contributed by atoms with van der Waals surface area (Å²) >= 11 is 3.25. The summed E-state index contributed by atoms with van der Waals surface area (Å²) in [6, 6.07) is 4.54. The van der Waals surface area contributed by atoms with Crippen LogP contribution in [0.5, 0.6) is 0 Å². The molecule has 0 aliphatic carbocycles. The molecule has 2 nitrogen and oxygen atoms in total. The Balaban J connectivity index is 2.00. The molecule has 0 atom stereocenters. The first-order chi connectivity index (χ1) is 8.56. The van der Waals surface area contributed by atoms with E-state index in [1.165, 1.54) is 6.07 Å². The second-order valence-corrected chi connectivity index (χ2v) is 5.38. The van der Waals surface area contributed by atoms with Gasteiger partial charge in [-0.05, 0) is 36.6 Å². The maximum Gasteiger partial charge on any atom is 0.227 e. The monoisotopic (exact) mass is 317 g/mol. The Labute approximate surface area is 113 Å². The second kappa shape index (κ2) is 5.78. The average Bonchev–Trinajstić information content (AvgIpc) is 2.34. The van der Waals surface area contributed by atoms with Crippen molar-refractivity contribution in [3.8, 4) is 0 Å². The molecule has 0 aromatic heterocycles. The van der Waals surface area contributed by atoms with E-state index in [-0.39, 0.29) is 18.1 Å². The number of alkyl halides is 1. The van der Waals surface area contributed by atoms with E-state index in [0.29, 0.717) is 31.5 Å². The molecule has 0 spiro atoms. The van der Waals surface area contributed by atoms with E-state index in [9.17, 15) is 13.6 Å². The molecule has 1 fully saturated rings. The molecule has 1 heterocycles. The number of likely N-dealkylation sites (tertiary alicyclic amines) is 1. The van der Waals surface area contributed by atoms with Gasteiger partial charge in [0.05, 0.1) is 6.42 Å². The quantitative estimate of drug-likeness (QED) is 0.821. The minimum atomic E-state index is -0.809. The normalized spacial score (nSPS) is 16.9. The first kappa shape index (κ1) is 13.5. The largest absolute Gasteiger partial charge is 0.342 e. The number of hydrogen-bond donors (Lipinski definition) is 0. The lowest BCUT2D eigenvalue weighted by atomic mass is 10.1. The molecule has 0 N–H and O–H groups in total. The third-order valence-corrected chi connectivity index (χ3v) is 3.62. The molecule has 1 saturated heterocycles. The Morgan fingerprint density at radius 3 is 2.72 bits per heavy atom. The molecule has 18 heavy (non-hydrogen) atoms. The summed E-state index contributed by atoms with van der Waals surface area (Å²) in [5.41, 5.74) is 0.372. The van der Waals surface area contributed by atoms with E-state index >= 15 is 0 Å². The molecule has 1 aliphatic rings. The average molecular weight is 318 g/mol. The first-order valence-corrected chi connectivity index (χ1v) is 6.71. The molecule has 5 heteroatoms. The number of halogens is 3. The van der Waals surface area contributed by atoms with Gasteiger partial charge in [0.25, 0.3) is 0 Å². The Morgan fingerprint density at radius 1 is 1.39 bits per heavy atom. The lowest BCUT2D eigenvalue weighted by Gasteiger charge is -2.28. The highest BCUT2D eigenvalue weighted by atomic mass is 79.9. The van der Waals surface area contributed by atoms with Crippen LogP contribution in [0.3, 0.4) is 0 Å². The molecule has 0 unspecified atom stereocenters. The van der Waals surface area contributed by atoms with Crippen LogP contribution < -0.4 is 0 Å². The number of piperidine rings is 1. The smallest absolute Gasteiger partial charge is 0.227 e. The number of hydrogen-bond acceptors (Lipinski definition) is 1. The Kier molecular flexibility index (Phi) is 4.32. The van der Waals surface area contributed by atoms with E-state index in [2.05, 4.69) is 15.9 Å². The van der Waals surface area contributed by atoms with Crippen LogP contribution in [0.25, 0.3) is 0 Å². The highest BCUT2D eigenvalue weighted by Crippen LogP contribution is 2.18. The molecule has 0 bridgehead atoms. The maximum atomic E-state index is 13.5. The molecular weight excluding hydrogens is 304 g/mol. The van der Waals surface area contributed by atoms with Crippen LogP contribution in [0.1, 0.15) is 18.4 Å². The van der Waals surface area contributed by atoms with Gasteiger partial charge in [0.15, 0.2) is 0 Å². The van der Waals surface area contributed by atoms with Crippen LogP contribution in [0.15, 0.2) is 22.7 Å². The second-order valence-electron chi connectivity index (χ2n) is 4.47. The van der Waals surface area contributed by atoms with Gasteiger partial charge in [-0.1, -0.05) is 15.9 Å². The summed E-state index contributed by atoms with van der Waals surface area (Å²) < 4.78 is 27.2. The third kappa shape index (κ3) is 3.28. The summed E-state index contributed by atoms with van der Waals surface area (Å²) in [4.78, 5) is 13.6. The van der Waals surface area contributed by atoms with Crippen molar-refractivity contribution < 1.29 is 13.6 Å². The molecule has 1 amide bonds. The van der Waals surface area contributed by atoms with Crippen molar-refractivity contribution in [3.63, 3.8) is 0 Å². The molecule has 0 saturated carbocycles. The van der Waals surface area contributed by atoms with E-state index in [1.807, 2.05) is 0 Å². The van der Waals surface area contributed by atoms with Crippen LogP contribution in [0.2, 0.25) is 0 Å². The Morgan fingerprint density at radius 2 is 2.06 bits per heavy atom. The number of amides is 1. The van der Waals surface area contributed by atoms with Gasteiger partial charge < -0.3 is 4.90 Å². The van der Waals surface area contributed by atoms with E-state index in [1.54, 1.807) is 17.0 Å². The van der Waals surface area contributed by atoms with Crippen molar-refractivity contribution in [2.75, 3.05) is 13.1 Å². The fourth-order valence-corrected chi connectivity index (χ4v) is 2.46. The summed E-state index contributed by atoms with van der Waals surface area (Å²) in [6.07, 6.45) is -0.0154. The van der Waals surface area contributed by atoms with Crippen LogP contribution >= 0.6 is 15.9 Å². The van der Waals surface area contributed by atoms with Crippen LogP contribution in [0, 0.1) is 5.82 Å². The van der Waals surface area contributed by atoms with E-state index in [4.69, 9.17) is 0 Å². The molecule has 2 rings (SSSR count). The minimum Gasteiger partial charge on any atom is -0.342 e. The van der Waals surface area contributed by atoms with Gasteiger partial charge >= 0.3 is 0 Å². The van der Waals surface area contributed by atoms with Gasteiger partial charge in [-0.15, -0.1) is 0 Å². The predicted octanol–water partition coefficient (Wildman–Crippen LogP) is 3.09. The van der Waals surface area contributed by atoms with Crippen molar-refractivity contribution in [3.05, 3.63) is 34.1 Å². The van der Waals surface area contributed by atoms with Crippen molar-refractivity contribution in [1.29, 1.82) is 0 Å². The SMILES string of the molecule is O=C(Cc1cc(Br)ccc1F)N1CCC(F)CC1. The van der Waals surface area contributed by atoms with Crippen LogP contribution in [0.4, 0.5) is 8.78 Å². The van der Waals surface area contributed by atoms with Crippen LogP contribution in [-0.2, 0) is 11.2 Å². The molecular formula is C13H14BrF2NO. The van der Waals surface area contributed by atoms with Gasteiger partial charge in [-0.25, -0.2) is 8.78 Å². The van der Waals surface area contributed by atoms with Gasteiger partial charge in [0, 0.05) is 17.6 Å². The van der Waals surface area contributed by atoms with Gasteiger partial charge in [-0.2, -0.15) is 0 Å². The standard InChI is InChI=1S/C13H14BrF2NO/c14-10-1-2-12(16)9(7-10)8-13(18)17-5-3-11(15)4-6-17/h1-2,7,11H,3-6,8H2. The van der Waals surface area contributed by atoms with Crippen molar-refractivity contribution in [2.24, 2.45) is 0 Å². The fourth-order valence-electron chi connectivity index (χ4n) is 2.05. The summed E-state index contributed by atoms with van der Waals surface area (Å²) in [5.74, 6) is -0.522. The van der Waals surface area contributed by atoms with Crippen LogP contribution in [-0.4, -0.2) is 30.1 Å². The lowest BCUT2D eigenvalue weighted by molar-refractivity contribution is -0.132. The summed E-state index contributed by atoms with van der Waals surface area (Å²) in [5, 5.41) is 0. The minimum absolute atomic E-state index is 0.0300. The fraction of sp³-hybridized carbons (Fsp3) is 0.462. The first-order valence-electron chi connectivity index (χ1n) is 5.92. The van der Waals surface area contributed by atoms with Crippen molar-refractivity contribution in [2.45, 2.75) is 25.4 Å². The number of benzene rings is 1. The topological polar surface area (TPSA) is 20.3 Å². The molecule has 1 aromatic rings. The van der Waals surface area contributed by atoms with Crippen molar-refractivity contribution in [1.82, 2.24) is 4.90 Å². The highest BCUT2D eigenvalue weighted by molar-refractivity contribution is 9.10. The van der Waals surface area contributed by atoms with Crippen molar-refractivity contribution >= 4 is 21.8 Å². The highest BCUT2D eigenvalue weighted by Gasteiger charge is 2.22. The molecule has 1 aliphatic heterocycles. The van der Waals surface area contributed by atoms with Gasteiger partial charge in [0.1, 0.15) is 12.0 Å². The number of rotatable bonds is 2. The third-order valence-electron chi connectivity index (χ3n) is 3.13. The maximum absolute atomic E-state index is 13.5. The Bertz CT molecular complexity index is 445. The van der Waals surface area contributed by atoms with Gasteiger partial charge in [0.2, 0.25) is 5.91 Å². The zero-order valence-corrected chi connectivity index (χ0v) is 11.4.